The number of carbonyl (C=O) groups excluding carboxylic acids is 1. The Labute approximate surface area is 145 Å². The zero-order valence-electron chi connectivity index (χ0n) is 12.6. The van der Waals surface area contributed by atoms with Crippen molar-refractivity contribution in [3.63, 3.8) is 0 Å². The molecule has 0 aliphatic rings. The maximum absolute atomic E-state index is 12.5. The van der Waals surface area contributed by atoms with Gasteiger partial charge in [0.2, 0.25) is 11.0 Å². The molecular formula is C14H15N5OS3. The van der Waals surface area contributed by atoms with E-state index < -0.39 is 0 Å². The summed E-state index contributed by atoms with van der Waals surface area (Å²) in [5, 5.41) is 11.4. The molecule has 1 unspecified atom stereocenters. The van der Waals surface area contributed by atoms with Crippen molar-refractivity contribution in [3.05, 3.63) is 23.8 Å². The first kappa shape index (κ1) is 16.2. The molecule has 0 bridgehead atoms. The van der Waals surface area contributed by atoms with Gasteiger partial charge in [0, 0.05) is 0 Å². The maximum Gasteiger partial charge on any atom is 0.239 e. The predicted octanol–water partition coefficient (Wildman–Crippen LogP) is 3.55. The Morgan fingerprint density at radius 1 is 1.39 bits per heavy atom. The van der Waals surface area contributed by atoms with Crippen LogP contribution in [-0.2, 0) is 4.79 Å². The summed E-state index contributed by atoms with van der Waals surface area (Å²) in [5.41, 5.74) is 7.65. The molecule has 3 rings (SSSR count). The summed E-state index contributed by atoms with van der Waals surface area (Å²) >= 11 is 4.14. The van der Waals surface area contributed by atoms with Crippen molar-refractivity contribution in [3.8, 4) is 0 Å². The Morgan fingerprint density at radius 2 is 2.22 bits per heavy atom. The number of thioether (sulfide) groups is 1. The number of thiazole rings is 1. The minimum atomic E-state index is -0.254. The summed E-state index contributed by atoms with van der Waals surface area (Å²) in [6, 6.07) is 6.05. The number of benzene rings is 1. The average molecular weight is 366 g/mol. The van der Waals surface area contributed by atoms with Crippen LogP contribution < -0.4 is 11.1 Å². The van der Waals surface area contributed by atoms with Crippen LogP contribution in [0, 0.1) is 6.92 Å². The number of nitrogen functional groups attached to an aromatic ring is 1. The van der Waals surface area contributed by atoms with Gasteiger partial charge in [0.25, 0.3) is 0 Å². The van der Waals surface area contributed by atoms with Crippen molar-refractivity contribution in [1.29, 1.82) is 0 Å². The molecule has 0 fully saturated rings. The van der Waals surface area contributed by atoms with E-state index in [9.17, 15) is 4.79 Å². The first-order chi connectivity index (χ1) is 11.0. The van der Waals surface area contributed by atoms with Gasteiger partial charge in [-0.1, -0.05) is 47.4 Å². The largest absolute Gasteiger partial charge is 0.374 e. The summed E-state index contributed by atoms with van der Waals surface area (Å²) in [4.78, 5) is 16.9. The number of hydrogen-bond acceptors (Lipinski definition) is 8. The van der Waals surface area contributed by atoms with E-state index in [1.54, 1.807) is 0 Å². The number of rotatable bonds is 5. The molecule has 0 aliphatic carbocycles. The fraction of sp³-hybridized carbons (Fsp3) is 0.286. The molecule has 3 aromatic rings. The van der Waals surface area contributed by atoms with Crippen molar-refractivity contribution >= 4 is 60.8 Å². The van der Waals surface area contributed by atoms with E-state index in [-0.39, 0.29) is 11.2 Å². The summed E-state index contributed by atoms with van der Waals surface area (Å²) in [6.07, 6.45) is 0.681. The lowest BCUT2D eigenvalue weighted by Gasteiger charge is -2.11. The van der Waals surface area contributed by atoms with Gasteiger partial charge in [-0.2, -0.15) is 0 Å². The number of aryl methyl sites for hydroxylation is 1. The minimum Gasteiger partial charge on any atom is -0.374 e. The topological polar surface area (TPSA) is 93.8 Å². The number of aromatic nitrogens is 3. The van der Waals surface area contributed by atoms with Crippen LogP contribution in [0.2, 0.25) is 0 Å². The molecule has 0 spiro atoms. The van der Waals surface area contributed by atoms with Crippen LogP contribution in [0.3, 0.4) is 0 Å². The van der Waals surface area contributed by atoms with Crippen LogP contribution in [0.4, 0.5) is 10.3 Å². The Balaban J connectivity index is 1.72. The first-order valence-electron chi connectivity index (χ1n) is 6.99. The fourth-order valence-electron chi connectivity index (χ4n) is 1.98. The summed E-state index contributed by atoms with van der Waals surface area (Å²) in [7, 11) is 0. The van der Waals surface area contributed by atoms with Crippen LogP contribution in [0.5, 0.6) is 0 Å². The maximum atomic E-state index is 12.5. The zero-order valence-corrected chi connectivity index (χ0v) is 15.0. The molecular weight excluding hydrogens is 350 g/mol. The predicted molar refractivity (Wildman–Crippen MR) is 97.2 cm³/mol. The van der Waals surface area contributed by atoms with Gasteiger partial charge in [0.15, 0.2) is 9.47 Å². The Morgan fingerprint density at radius 3 is 2.91 bits per heavy atom. The number of carbonyl (C=O) groups is 1. The summed E-state index contributed by atoms with van der Waals surface area (Å²) < 4.78 is 1.77. The Bertz CT molecular complexity index is 844. The molecule has 2 aromatic heterocycles. The van der Waals surface area contributed by atoms with Gasteiger partial charge < -0.3 is 11.1 Å². The van der Waals surface area contributed by atoms with Gasteiger partial charge in [-0.3, -0.25) is 4.79 Å². The Kier molecular flexibility index (Phi) is 4.79. The third-order valence-electron chi connectivity index (χ3n) is 3.10. The van der Waals surface area contributed by atoms with Gasteiger partial charge in [0.1, 0.15) is 0 Å². The van der Waals surface area contributed by atoms with Gasteiger partial charge >= 0.3 is 0 Å². The van der Waals surface area contributed by atoms with E-state index >= 15 is 0 Å². The molecule has 23 heavy (non-hydrogen) atoms. The van der Waals surface area contributed by atoms with Crippen molar-refractivity contribution in [2.45, 2.75) is 29.9 Å². The van der Waals surface area contributed by atoms with Gasteiger partial charge in [-0.15, -0.1) is 10.2 Å². The van der Waals surface area contributed by atoms with E-state index in [0.717, 1.165) is 10.2 Å². The second-order valence-electron chi connectivity index (χ2n) is 4.90. The van der Waals surface area contributed by atoms with E-state index in [1.165, 1.54) is 40.0 Å². The molecule has 1 atom stereocenters. The number of amides is 1. The lowest BCUT2D eigenvalue weighted by Crippen LogP contribution is -2.24. The second kappa shape index (κ2) is 6.81. The molecule has 1 amide bonds. The van der Waals surface area contributed by atoms with E-state index in [0.29, 0.717) is 21.0 Å². The van der Waals surface area contributed by atoms with Gasteiger partial charge in [-0.25, -0.2) is 4.98 Å². The normalized spacial score (nSPS) is 12.4. The quantitative estimate of drug-likeness (QED) is 0.672. The Hall–Kier alpha value is -1.71. The standard InChI is InChI=1S/C14H15N5OS3/c1-3-9(22-14-19-18-12(15)23-14)11(20)17-13-16-8-5-4-7(2)6-10(8)21-13/h4-6,9H,3H2,1-2H3,(H2,15,18)(H,16,17,20). The minimum absolute atomic E-state index is 0.0814. The molecule has 9 heteroatoms. The van der Waals surface area contributed by atoms with Crippen LogP contribution >= 0.6 is 34.4 Å². The highest BCUT2D eigenvalue weighted by Gasteiger charge is 2.21. The van der Waals surface area contributed by atoms with Crippen LogP contribution in [-0.4, -0.2) is 26.3 Å². The average Bonchev–Trinajstić information content (AvgIpc) is 3.09. The lowest BCUT2D eigenvalue weighted by atomic mass is 10.2. The monoisotopic (exact) mass is 365 g/mol. The third-order valence-corrected chi connectivity index (χ3v) is 6.24. The summed E-state index contributed by atoms with van der Waals surface area (Å²) in [6.45, 7) is 4.00. The SMILES string of the molecule is CCC(Sc1nnc(N)s1)C(=O)Nc1nc2ccc(C)cc2s1. The first-order valence-corrected chi connectivity index (χ1v) is 9.50. The molecule has 0 aliphatic heterocycles. The van der Waals surface area contributed by atoms with E-state index in [2.05, 4.69) is 26.6 Å². The molecule has 0 radical (unpaired) electrons. The summed E-state index contributed by atoms with van der Waals surface area (Å²) in [5.74, 6) is -0.0814. The number of nitrogens with one attached hydrogen (secondary N) is 1. The van der Waals surface area contributed by atoms with Crippen molar-refractivity contribution < 1.29 is 4.79 Å². The molecule has 0 saturated carbocycles. The van der Waals surface area contributed by atoms with Crippen LogP contribution in [0.25, 0.3) is 10.2 Å². The number of fused-ring (bicyclic) bond motifs is 1. The highest BCUT2D eigenvalue weighted by Crippen LogP contribution is 2.31. The van der Waals surface area contributed by atoms with Crippen LogP contribution in [0.1, 0.15) is 18.9 Å². The molecule has 3 N–H and O–H groups in total. The van der Waals surface area contributed by atoms with E-state index in [1.807, 2.05) is 26.0 Å². The van der Waals surface area contributed by atoms with Gasteiger partial charge in [0.05, 0.1) is 15.5 Å². The molecule has 2 heterocycles. The van der Waals surface area contributed by atoms with Crippen LogP contribution in [0.15, 0.2) is 22.5 Å². The van der Waals surface area contributed by atoms with Crippen molar-refractivity contribution in [1.82, 2.24) is 15.2 Å². The van der Waals surface area contributed by atoms with Gasteiger partial charge in [-0.05, 0) is 31.0 Å². The highest BCUT2D eigenvalue weighted by molar-refractivity contribution is 8.02. The second-order valence-corrected chi connectivity index (χ2v) is 8.39. The molecule has 0 saturated heterocycles. The lowest BCUT2D eigenvalue weighted by molar-refractivity contribution is -0.115. The number of nitrogens with two attached hydrogens (primary N) is 1. The van der Waals surface area contributed by atoms with Crippen molar-refractivity contribution in [2.75, 3.05) is 11.1 Å². The molecule has 1 aromatic carbocycles. The molecule has 120 valence electrons. The molecule has 6 nitrogen and oxygen atoms in total. The number of anilines is 2. The van der Waals surface area contributed by atoms with E-state index in [4.69, 9.17) is 5.73 Å². The zero-order chi connectivity index (χ0) is 16.4. The fourth-order valence-corrected chi connectivity index (χ4v) is 4.75. The third kappa shape index (κ3) is 3.80. The van der Waals surface area contributed by atoms with Crippen molar-refractivity contribution in [2.24, 2.45) is 0 Å². The number of hydrogen-bond donors (Lipinski definition) is 2. The number of nitrogens with zero attached hydrogens (tertiary/aromatic N) is 3. The highest BCUT2D eigenvalue weighted by atomic mass is 32.2. The smallest absolute Gasteiger partial charge is 0.239 e.